The number of likely N-dealkylation sites (tertiary alicyclic amines) is 1. The summed E-state index contributed by atoms with van der Waals surface area (Å²) in [6.07, 6.45) is 3.27. The number of nitrogens with two attached hydrogens (primary N) is 1. The number of carbonyl (C=O) groups is 1. The van der Waals surface area contributed by atoms with E-state index in [2.05, 4.69) is 6.92 Å². The zero-order valence-electron chi connectivity index (χ0n) is 11.6. The van der Waals surface area contributed by atoms with Gasteiger partial charge in [-0.1, -0.05) is 6.92 Å². The molecule has 1 aromatic heterocycles. The van der Waals surface area contributed by atoms with Crippen LogP contribution in [0.5, 0.6) is 0 Å². The summed E-state index contributed by atoms with van der Waals surface area (Å²) in [5.74, 6) is 0.0922. The molecule has 0 aromatic carbocycles. The Bertz CT molecular complexity index is 425. The first-order valence-electron chi connectivity index (χ1n) is 6.88. The molecule has 1 aromatic rings. The number of hydrogen-bond acceptors (Lipinski definition) is 4. The molecule has 2 heterocycles. The van der Waals surface area contributed by atoms with Gasteiger partial charge in [0.2, 0.25) is 0 Å². The van der Waals surface area contributed by atoms with Gasteiger partial charge in [-0.05, 0) is 32.3 Å². The fourth-order valence-electron chi connectivity index (χ4n) is 2.30. The van der Waals surface area contributed by atoms with Crippen LogP contribution in [0.3, 0.4) is 0 Å². The lowest BCUT2D eigenvalue weighted by atomic mass is 10.1. The number of carbonyl (C=O) groups excluding carboxylic acids is 1. The molecule has 5 heteroatoms. The molecule has 1 aliphatic rings. The number of thiophene rings is 1. The molecule has 1 saturated heterocycles. The largest absolute Gasteiger partial charge is 0.398 e. The minimum Gasteiger partial charge on any atom is -0.398 e. The molecule has 0 bridgehead atoms. The molecular formula is C14H22N2O2S. The Hall–Kier alpha value is -1.07. The summed E-state index contributed by atoms with van der Waals surface area (Å²) in [5, 5.41) is 0. The average molecular weight is 282 g/mol. The van der Waals surface area contributed by atoms with E-state index in [1.807, 2.05) is 11.8 Å². The maximum absolute atomic E-state index is 12.4. The molecule has 0 radical (unpaired) electrons. The van der Waals surface area contributed by atoms with Gasteiger partial charge < -0.3 is 15.4 Å². The van der Waals surface area contributed by atoms with Gasteiger partial charge in [-0.2, -0.15) is 0 Å². The van der Waals surface area contributed by atoms with Crippen LogP contribution in [0, 0.1) is 6.92 Å². The number of nitrogen functional groups attached to an aromatic ring is 1. The second-order valence-electron chi connectivity index (χ2n) is 5.01. The van der Waals surface area contributed by atoms with E-state index >= 15 is 0 Å². The molecule has 0 aliphatic carbocycles. The van der Waals surface area contributed by atoms with Crippen LogP contribution in [0.1, 0.15) is 40.7 Å². The quantitative estimate of drug-likeness (QED) is 0.923. The Morgan fingerprint density at radius 3 is 3.05 bits per heavy atom. The van der Waals surface area contributed by atoms with Crippen LogP contribution in [0.15, 0.2) is 6.07 Å². The number of rotatable bonds is 4. The van der Waals surface area contributed by atoms with Crippen molar-refractivity contribution >= 4 is 22.9 Å². The van der Waals surface area contributed by atoms with Gasteiger partial charge in [0.1, 0.15) is 0 Å². The zero-order chi connectivity index (χ0) is 13.8. The fourth-order valence-corrected chi connectivity index (χ4v) is 3.21. The summed E-state index contributed by atoms with van der Waals surface area (Å²) in [4.78, 5) is 16.1. The molecule has 0 spiro atoms. The predicted octanol–water partition coefficient (Wildman–Crippen LogP) is 2.67. The molecule has 106 valence electrons. The lowest BCUT2D eigenvalue weighted by molar-refractivity contribution is 0.00227. The zero-order valence-corrected chi connectivity index (χ0v) is 12.5. The first-order chi connectivity index (χ1) is 9.11. The highest BCUT2D eigenvalue weighted by atomic mass is 32.1. The number of anilines is 1. The van der Waals surface area contributed by atoms with Gasteiger partial charge in [0.25, 0.3) is 5.91 Å². The van der Waals surface area contributed by atoms with Crippen molar-refractivity contribution in [3.8, 4) is 0 Å². The number of nitrogens with zero attached hydrogens (tertiary/aromatic N) is 1. The SMILES string of the molecule is CCCOC1CCCN(C(=O)c2cc(N)c(C)s2)C1. The third kappa shape index (κ3) is 3.48. The second-order valence-corrected chi connectivity index (χ2v) is 6.26. The standard InChI is InChI=1S/C14H22N2O2S/c1-3-7-18-11-5-4-6-16(9-11)14(17)13-8-12(15)10(2)19-13/h8,11H,3-7,9,15H2,1-2H3. The van der Waals surface area contributed by atoms with E-state index in [0.717, 1.165) is 42.2 Å². The highest BCUT2D eigenvalue weighted by Crippen LogP contribution is 2.26. The third-order valence-corrected chi connectivity index (χ3v) is 4.44. The van der Waals surface area contributed by atoms with Gasteiger partial charge >= 0.3 is 0 Å². The molecule has 1 fully saturated rings. The highest BCUT2D eigenvalue weighted by molar-refractivity contribution is 7.14. The van der Waals surface area contributed by atoms with E-state index in [9.17, 15) is 4.79 Å². The van der Waals surface area contributed by atoms with Crippen LogP contribution in [-0.2, 0) is 4.74 Å². The molecule has 2 N–H and O–H groups in total. The molecule has 2 rings (SSSR count). The molecule has 1 unspecified atom stereocenters. The molecule has 1 amide bonds. The van der Waals surface area contributed by atoms with E-state index in [1.165, 1.54) is 11.3 Å². The predicted molar refractivity (Wildman–Crippen MR) is 78.6 cm³/mol. The summed E-state index contributed by atoms with van der Waals surface area (Å²) in [5.41, 5.74) is 6.53. The topological polar surface area (TPSA) is 55.6 Å². The van der Waals surface area contributed by atoms with Gasteiger partial charge in [-0.25, -0.2) is 0 Å². The lowest BCUT2D eigenvalue weighted by Gasteiger charge is -2.32. The van der Waals surface area contributed by atoms with Gasteiger partial charge in [0.05, 0.1) is 11.0 Å². The van der Waals surface area contributed by atoms with Gasteiger partial charge in [-0.15, -0.1) is 11.3 Å². The molecular weight excluding hydrogens is 260 g/mol. The van der Waals surface area contributed by atoms with Crippen molar-refractivity contribution in [2.45, 2.75) is 39.2 Å². The third-order valence-electron chi connectivity index (χ3n) is 3.39. The van der Waals surface area contributed by atoms with Crippen LogP contribution in [0.25, 0.3) is 0 Å². The summed E-state index contributed by atoms with van der Waals surface area (Å²) >= 11 is 1.48. The normalized spacial score (nSPS) is 19.7. The number of hydrogen-bond donors (Lipinski definition) is 1. The Morgan fingerprint density at radius 1 is 1.63 bits per heavy atom. The maximum Gasteiger partial charge on any atom is 0.264 e. The van der Waals surface area contributed by atoms with Crippen molar-refractivity contribution in [1.82, 2.24) is 4.90 Å². The highest BCUT2D eigenvalue weighted by Gasteiger charge is 2.25. The van der Waals surface area contributed by atoms with E-state index in [4.69, 9.17) is 10.5 Å². The summed E-state index contributed by atoms with van der Waals surface area (Å²) in [6, 6.07) is 1.79. The number of piperidine rings is 1. The molecule has 4 nitrogen and oxygen atoms in total. The first kappa shape index (κ1) is 14.3. The number of aryl methyl sites for hydroxylation is 1. The lowest BCUT2D eigenvalue weighted by Crippen LogP contribution is -2.43. The number of ether oxygens (including phenoxy) is 1. The van der Waals surface area contributed by atoms with Crippen molar-refractivity contribution in [3.05, 3.63) is 15.8 Å². The monoisotopic (exact) mass is 282 g/mol. The average Bonchev–Trinajstić information content (AvgIpc) is 2.76. The molecule has 1 aliphatic heterocycles. The molecule has 0 saturated carbocycles. The van der Waals surface area contributed by atoms with Crippen molar-refractivity contribution in [2.75, 3.05) is 25.4 Å². The van der Waals surface area contributed by atoms with Gasteiger partial charge in [0.15, 0.2) is 0 Å². The smallest absolute Gasteiger partial charge is 0.264 e. The van der Waals surface area contributed by atoms with Crippen LogP contribution < -0.4 is 5.73 Å². The van der Waals surface area contributed by atoms with Crippen LogP contribution in [0.2, 0.25) is 0 Å². The molecule has 1 atom stereocenters. The summed E-state index contributed by atoms with van der Waals surface area (Å²) in [6.45, 7) is 6.35. The van der Waals surface area contributed by atoms with Crippen LogP contribution in [0.4, 0.5) is 5.69 Å². The minimum atomic E-state index is 0.0922. The fraction of sp³-hybridized carbons (Fsp3) is 0.643. The Morgan fingerprint density at radius 2 is 2.42 bits per heavy atom. The summed E-state index contributed by atoms with van der Waals surface area (Å²) < 4.78 is 5.76. The van der Waals surface area contributed by atoms with E-state index in [-0.39, 0.29) is 12.0 Å². The van der Waals surface area contributed by atoms with E-state index < -0.39 is 0 Å². The van der Waals surface area contributed by atoms with Crippen molar-refractivity contribution in [3.63, 3.8) is 0 Å². The second kappa shape index (κ2) is 6.39. The Kier molecular flexibility index (Phi) is 4.82. The Balaban J connectivity index is 1.98. The van der Waals surface area contributed by atoms with Crippen molar-refractivity contribution in [1.29, 1.82) is 0 Å². The van der Waals surface area contributed by atoms with Crippen molar-refractivity contribution in [2.24, 2.45) is 0 Å². The van der Waals surface area contributed by atoms with E-state index in [1.54, 1.807) is 6.07 Å². The number of amides is 1. The van der Waals surface area contributed by atoms with Crippen LogP contribution in [-0.4, -0.2) is 36.6 Å². The van der Waals surface area contributed by atoms with Crippen molar-refractivity contribution < 1.29 is 9.53 Å². The van der Waals surface area contributed by atoms with Crippen LogP contribution >= 0.6 is 11.3 Å². The summed E-state index contributed by atoms with van der Waals surface area (Å²) in [7, 11) is 0. The van der Waals surface area contributed by atoms with Gasteiger partial charge in [0, 0.05) is 30.3 Å². The first-order valence-corrected chi connectivity index (χ1v) is 7.70. The maximum atomic E-state index is 12.4. The van der Waals surface area contributed by atoms with Gasteiger partial charge in [-0.3, -0.25) is 4.79 Å². The van der Waals surface area contributed by atoms with E-state index in [0.29, 0.717) is 12.2 Å². The Labute approximate surface area is 118 Å². The molecule has 19 heavy (non-hydrogen) atoms. The minimum absolute atomic E-state index is 0.0922.